The summed E-state index contributed by atoms with van der Waals surface area (Å²) in [5.74, 6) is -0.451. The number of carbonyl (C=O) groups excluding carboxylic acids is 1. The SMILES string of the molecule is COc1cc(NC(=O)OCC(C)C)c(C(=O)O)cc1OC. The Balaban J connectivity index is 3.04. The van der Waals surface area contributed by atoms with E-state index < -0.39 is 12.1 Å². The molecule has 0 aliphatic heterocycles. The largest absolute Gasteiger partial charge is 0.493 e. The second-order valence-corrected chi connectivity index (χ2v) is 4.68. The lowest BCUT2D eigenvalue weighted by Gasteiger charge is -2.14. The van der Waals surface area contributed by atoms with Crippen LogP contribution in [0.1, 0.15) is 24.2 Å². The molecule has 0 heterocycles. The normalized spacial score (nSPS) is 10.1. The topological polar surface area (TPSA) is 94.1 Å². The molecule has 21 heavy (non-hydrogen) atoms. The van der Waals surface area contributed by atoms with Crippen molar-refractivity contribution in [1.82, 2.24) is 0 Å². The summed E-state index contributed by atoms with van der Waals surface area (Å²) >= 11 is 0. The van der Waals surface area contributed by atoms with Crippen LogP contribution in [0.2, 0.25) is 0 Å². The number of nitrogens with one attached hydrogen (secondary N) is 1. The molecule has 0 atom stereocenters. The van der Waals surface area contributed by atoms with Crippen LogP contribution < -0.4 is 14.8 Å². The molecule has 0 saturated carbocycles. The van der Waals surface area contributed by atoms with E-state index in [9.17, 15) is 14.7 Å². The Morgan fingerprint density at radius 1 is 1.19 bits per heavy atom. The Hall–Kier alpha value is -2.44. The van der Waals surface area contributed by atoms with Crippen LogP contribution in [0, 0.1) is 5.92 Å². The van der Waals surface area contributed by atoms with Gasteiger partial charge < -0.3 is 19.3 Å². The summed E-state index contributed by atoms with van der Waals surface area (Å²) in [4.78, 5) is 22.9. The molecule has 0 aromatic heterocycles. The molecule has 0 aliphatic carbocycles. The summed E-state index contributed by atoms with van der Waals surface area (Å²) in [6.45, 7) is 4.03. The van der Waals surface area contributed by atoms with Crippen molar-refractivity contribution in [2.45, 2.75) is 13.8 Å². The maximum atomic E-state index is 11.6. The standard InChI is InChI=1S/C14H19NO6/c1-8(2)7-21-14(18)15-10-6-12(20-4)11(19-3)5-9(10)13(16)17/h5-6,8H,7H2,1-4H3,(H,15,18)(H,16,17). The number of carboxylic acids is 1. The minimum atomic E-state index is -1.20. The highest BCUT2D eigenvalue weighted by atomic mass is 16.5. The molecule has 0 aliphatic rings. The first-order valence-corrected chi connectivity index (χ1v) is 6.32. The van der Waals surface area contributed by atoms with Gasteiger partial charge in [-0.15, -0.1) is 0 Å². The van der Waals surface area contributed by atoms with Gasteiger partial charge in [-0.2, -0.15) is 0 Å². The zero-order valence-corrected chi connectivity index (χ0v) is 12.4. The van der Waals surface area contributed by atoms with Crippen LogP contribution in [0.4, 0.5) is 10.5 Å². The average molecular weight is 297 g/mol. The van der Waals surface area contributed by atoms with E-state index in [1.54, 1.807) is 0 Å². The molecule has 0 fully saturated rings. The fourth-order valence-electron chi connectivity index (χ4n) is 1.55. The first-order valence-electron chi connectivity index (χ1n) is 6.32. The van der Waals surface area contributed by atoms with Crippen molar-refractivity contribution in [3.8, 4) is 11.5 Å². The van der Waals surface area contributed by atoms with Crippen molar-refractivity contribution >= 4 is 17.7 Å². The maximum absolute atomic E-state index is 11.6. The highest BCUT2D eigenvalue weighted by molar-refractivity contribution is 5.99. The minimum Gasteiger partial charge on any atom is -0.493 e. The molecular formula is C14H19NO6. The molecule has 0 saturated heterocycles. The van der Waals surface area contributed by atoms with Gasteiger partial charge >= 0.3 is 12.1 Å². The number of benzene rings is 1. The average Bonchev–Trinajstić information content (AvgIpc) is 2.44. The van der Waals surface area contributed by atoms with Crippen molar-refractivity contribution in [1.29, 1.82) is 0 Å². The van der Waals surface area contributed by atoms with Gasteiger partial charge in [0.15, 0.2) is 11.5 Å². The van der Waals surface area contributed by atoms with Gasteiger partial charge in [-0.1, -0.05) is 13.8 Å². The summed E-state index contributed by atoms with van der Waals surface area (Å²) in [5.41, 5.74) is -0.0388. The van der Waals surface area contributed by atoms with Gasteiger partial charge in [-0.05, 0) is 5.92 Å². The molecule has 1 amide bonds. The van der Waals surface area contributed by atoms with Crippen LogP contribution in [0.15, 0.2) is 12.1 Å². The molecule has 0 spiro atoms. The predicted octanol–water partition coefficient (Wildman–Crippen LogP) is 2.61. The van der Waals surface area contributed by atoms with Gasteiger partial charge in [0.2, 0.25) is 0 Å². The number of aromatic carboxylic acids is 1. The van der Waals surface area contributed by atoms with E-state index in [2.05, 4.69) is 5.32 Å². The lowest BCUT2D eigenvalue weighted by atomic mass is 10.1. The number of ether oxygens (including phenoxy) is 3. The number of carboxylic acid groups (broad SMARTS) is 1. The van der Waals surface area contributed by atoms with Gasteiger partial charge in [-0.25, -0.2) is 9.59 Å². The number of amides is 1. The van der Waals surface area contributed by atoms with Gasteiger partial charge in [0, 0.05) is 12.1 Å². The van der Waals surface area contributed by atoms with Gasteiger partial charge in [0.05, 0.1) is 32.1 Å². The van der Waals surface area contributed by atoms with E-state index in [4.69, 9.17) is 14.2 Å². The molecule has 0 bridgehead atoms. The van der Waals surface area contributed by atoms with Crippen molar-refractivity contribution in [3.63, 3.8) is 0 Å². The fourth-order valence-corrected chi connectivity index (χ4v) is 1.55. The zero-order valence-electron chi connectivity index (χ0n) is 12.4. The quantitative estimate of drug-likeness (QED) is 0.838. The summed E-state index contributed by atoms with van der Waals surface area (Å²) in [6, 6.07) is 2.65. The number of anilines is 1. The van der Waals surface area contributed by atoms with Crippen molar-refractivity contribution < 1.29 is 28.9 Å². The second-order valence-electron chi connectivity index (χ2n) is 4.68. The lowest BCUT2D eigenvalue weighted by molar-refractivity contribution is 0.0697. The summed E-state index contributed by atoms with van der Waals surface area (Å²) in [6.07, 6.45) is -0.724. The number of carbonyl (C=O) groups is 2. The van der Waals surface area contributed by atoms with Crippen LogP contribution >= 0.6 is 0 Å². The van der Waals surface area contributed by atoms with Gasteiger partial charge in [0.1, 0.15) is 0 Å². The minimum absolute atomic E-state index is 0.0777. The Bertz CT molecular complexity index is 526. The van der Waals surface area contributed by atoms with Crippen LogP contribution in [0.5, 0.6) is 11.5 Å². The number of hydrogen-bond acceptors (Lipinski definition) is 5. The second kappa shape index (κ2) is 7.37. The van der Waals surface area contributed by atoms with Crippen molar-refractivity contribution in [2.24, 2.45) is 5.92 Å². The molecule has 2 N–H and O–H groups in total. The molecule has 1 aromatic carbocycles. The zero-order chi connectivity index (χ0) is 16.0. The third-order valence-electron chi connectivity index (χ3n) is 2.54. The highest BCUT2D eigenvalue weighted by Crippen LogP contribution is 2.33. The molecule has 1 aromatic rings. The fraction of sp³-hybridized carbons (Fsp3) is 0.429. The third kappa shape index (κ3) is 4.55. The Kier molecular flexibility index (Phi) is 5.83. The molecule has 1 rings (SSSR count). The monoisotopic (exact) mass is 297 g/mol. The Morgan fingerprint density at radius 3 is 2.24 bits per heavy atom. The molecule has 116 valence electrons. The molecule has 0 unspecified atom stereocenters. The van der Waals surface area contributed by atoms with Crippen molar-refractivity contribution in [3.05, 3.63) is 17.7 Å². The van der Waals surface area contributed by atoms with E-state index in [1.807, 2.05) is 13.8 Å². The summed E-state index contributed by atoms with van der Waals surface area (Å²) in [7, 11) is 2.81. The predicted molar refractivity (Wildman–Crippen MR) is 76.3 cm³/mol. The van der Waals surface area contributed by atoms with E-state index in [0.29, 0.717) is 5.75 Å². The Labute approximate surface area is 122 Å². The third-order valence-corrected chi connectivity index (χ3v) is 2.54. The van der Waals surface area contributed by atoms with E-state index in [1.165, 1.54) is 26.4 Å². The number of methoxy groups -OCH3 is 2. The molecule has 0 radical (unpaired) electrons. The highest BCUT2D eigenvalue weighted by Gasteiger charge is 2.18. The van der Waals surface area contributed by atoms with E-state index >= 15 is 0 Å². The van der Waals surface area contributed by atoms with Gasteiger partial charge in [-0.3, -0.25) is 5.32 Å². The maximum Gasteiger partial charge on any atom is 0.411 e. The van der Waals surface area contributed by atoms with E-state index in [-0.39, 0.29) is 29.5 Å². The first-order chi connectivity index (χ1) is 9.88. The van der Waals surface area contributed by atoms with Crippen LogP contribution in [-0.2, 0) is 4.74 Å². The van der Waals surface area contributed by atoms with Crippen LogP contribution in [-0.4, -0.2) is 38.0 Å². The van der Waals surface area contributed by atoms with Crippen LogP contribution in [0.3, 0.4) is 0 Å². The summed E-state index contributed by atoms with van der Waals surface area (Å²) < 4.78 is 15.1. The number of rotatable bonds is 6. The molecule has 7 heteroatoms. The lowest BCUT2D eigenvalue weighted by Crippen LogP contribution is -2.18. The first kappa shape index (κ1) is 16.6. The summed E-state index contributed by atoms with van der Waals surface area (Å²) in [5, 5.41) is 11.6. The van der Waals surface area contributed by atoms with Crippen LogP contribution in [0.25, 0.3) is 0 Å². The molecule has 7 nitrogen and oxygen atoms in total. The number of hydrogen-bond donors (Lipinski definition) is 2. The van der Waals surface area contributed by atoms with Gasteiger partial charge in [0.25, 0.3) is 0 Å². The Morgan fingerprint density at radius 2 is 1.76 bits per heavy atom. The molecular weight excluding hydrogens is 278 g/mol. The smallest absolute Gasteiger partial charge is 0.411 e. The van der Waals surface area contributed by atoms with Crippen molar-refractivity contribution in [2.75, 3.05) is 26.1 Å². The van der Waals surface area contributed by atoms with E-state index in [0.717, 1.165) is 0 Å².